The van der Waals surface area contributed by atoms with Crippen LogP contribution in [0.4, 0.5) is 0 Å². The van der Waals surface area contributed by atoms with Crippen LogP contribution in [0.1, 0.15) is 19.4 Å². The smallest absolute Gasteiger partial charge is 0.169 e. The molecular weight excluding hydrogens is 252 g/mol. The molecule has 0 bridgehead atoms. The first kappa shape index (κ1) is 15.2. The molecule has 0 heterocycles. The van der Waals surface area contributed by atoms with Gasteiger partial charge in [0.05, 0.1) is 6.61 Å². The van der Waals surface area contributed by atoms with Crippen molar-refractivity contribution >= 4 is 17.4 Å². The number of ketones is 1. The Morgan fingerprint density at radius 3 is 2.44 bits per heavy atom. The summed E-state index contributed by atoms with van der Waals surface area (Å²) in [5.41, 5.74) is 0.203. The van der Waals surface area contributed by atoms with Gasteiger partial charge in [0.2, 0.25) is 0 Å². The van der Waals surface area contributed by atoms with Gasteiger partial charge >= 0.3 is 0 Å². The maximum absolute atomic E-state index is 12.1. The van der Waals surface area contributed by atoms with Gasteiger partial charge in [0.15, 0.2) is 5.78 Å². The Bertz CT molecular complexity index is 398. The summed E-state index contributed by atoms with van der Waals surface area (Å²) < 4.78 is 4.99. The molecule has 1 aromatic rings. The largest absolute Gasteiger partial charge is 0.385 e. The van der Waals surface area contributed by atoms with E-state index in [2.05, 4.69) is 0 Å². The van der Waals surface area contributed by atoms with Crippen LogP contribution >= 0.6 is 11.6 Å². The molecule has 1 unspecified atom stereocenters. The average molecular weight is 271 g/mol. The number of Topliss-reactive ketones (excluding diaryl/α,β-unsaturated/α-hetero) is 1. The van der Waals surface area contributed by atoms with Crippen LogP contribution in [0.15, 0.2) is 24.3 Å². The Morgan fingerprint density at radius 2 is 1.94 bits per heavy atom. The van der Waals surface area contributed by atoms with Crippen molar-refractivity contribution in [3.63, 3.8) is 0 Å². The van der Waals surface area contributed by atoms with Gasteiger partial charge in [0, 0.05) is 24.0 Å². The Balaban J connectivity index is 2.67. The molecule has 0 amide bonds. The molecule has 0 fully saturated rings. The number of hydrogen-bond donors (Lipinski definition) is 1. The number of aliphatic hydroxyl groups is 1. The second-order valence-electron chi connectivity index (χ2n) is 5.03. The number of aliphatic hydroxyl groups excluding tert-OH is 1. The average Bonchev–Trinajstić information content (AvgIpc) is 2.31. The highest BCUT2D eigenvalue weighted by Crippen LogP contribution is 2.21. The lowest BCUT2D eigenvalue weighted by Crippen LogP contribution is -2.38. The Morgan fingerprint density at radius 1 is 1.39 bits per heavy atom. The summed E-state index contributed by atoms with van der Waals surface area (Å²) in [6.07, 6.45) is -0.723. The van der Waals surface area contributed by atoms with Crippen molar-refractivity contribution in [2.75, 3.05) is 13.7 Å². The first-order valence-electron chi connectivity index (χ1n) is 5.82. The fraction of sp³-hybridized carbons (Fsp3) is 0.500. The third-order valence-corrected chi connectivity index (χ3v) is 3.07. The molecule has 0 saturated heterocycles. The summed E-state index contributed by atoms with van der Waals surface area (Å²) in [4.78, 5) is 12.1. The molecule has 1 rings (SSSR count). The lowest BCUT2D eigenvalue weighted by Gasteiger charge is -2.25. The summed E-state index contributed by atoms with van der Waals surface area (Å²) in [6, 6.07) is 7.10. The van der Waals surface area contributed by atoms with Crippen molar-refractivity contribution in [3.8, 4) is 0 Å². The van der Waals surface area contributed by atoms with Gasteiger partial charge in [0.1, 0.15) is 6.10 Å². The zero-order valence-electron chi connectivity index (χ0n) is 10.9. The highest BCUT2D eigenvalue weighted by atomic mass is 35.5. The van der Waals surface area contributed by atoms with Crippen molar-refractivity contribution in [1.82, 2.24) is 0 Å². The predicted molar refractivity (Wildman–Crippen MR) is 71.8 cm³/mol. The van der Waals surface area contributed by atoms with Gasteiger partial charge in [-0.15, -0.1) is 0 Å². The normalized spacial score (nSPS) is 13.4. The van der Waals surface area contributed by atoms with Gasteiger partial charge in [-0.1, -0.05) is 37.6 Å². The fourth-order valence-corrected chi connectivity index (χ4v) is 1.95. The Kier molecular flexibility index (Phi) is 5.32. The summed E-state index contributed by atoms with van der Waals surface area (Å²) in [5.74, 6) is -0.209. The molecule has 100 valence electrons. The van der Waals surface area contributed by atoms with Crippen LogP contribution in [0.3, 0.4) is 0 Å². The summed E-state index contributed by atoms with van der Waals surface area (Å²) in [6.45, 7) is 3.83. The van der Waals surface area contributed by atoms with E-state index in [1.807, 2.05) is 12.1 Å². The summed E-state index contributed by atoms with van der Waals surface area (Å²) in [7, 11) is 1.54. The van der Waals surface area contributed by atoms with Crippen LogP contribution in [0.2, 0.25) is 5.02 Å². The van der Waals surface area contributed by atoms with E-state index in [0.717, 1.165) is 5.56 Å². The highest BCUT2D eigenvalue weighted by Gasteiger charge is 2.32. The highest BCUT2D eigenvalue weighted by molar-refractivity contribution is 6.30. The maximum Gasteiger partial charge on any atom is 0.169 e. The molecule has 0 radical (unpaired) electrons. The molecule has 18 heavy (non-hydrogen) atoms. The molecule has 0 spiro atoms. The minimum absolute atomic E-state index is 0.209. The number of benzene rings is 1. The van der Waals surface area contributed by atoms with Gasteiger partial charge in [-0.05, 0) is 17.7 Å². The minimum atomic E-state index is -1.02. The van der Waals surface area contributed by atoms with E-state index in [-0.39, 0.29) is 5.78 Å². The zero-order valence-corrected chi connectivity index (χ0v) is 11.7. The number of halogens is 1. The molecule has 3 nitrogen and oxygen atoms in total. The first-order chi connectivity index (χ1) is 8.36. The SMILES string of the molecule is COCC(C)(C)C(=O)C(O)Cc1ccc(Cl)cc1. The maximum atomic E-state index is 12.1. The van der Waals surface area contributed by atoms with E-state index >= 15 is 0 Å². The third-order valence-electron chi connectivity index (χ3n) is 2.82. The van der Waals surface area contributed by atoms with Crippen LogP contribution in [-0.4, -0.2) is 30.7 Å². The van der Waals surface area contributed by atoms with Crippen molar-refractivity contribution in [3.05, 3.63) is 34.9 Å². The van der Waals surface area contributed by atoms with Crippen molar-refractivity contribution in [1.29, 1.82) is 0 Å². The summed E-state index contributed by atoms with van der Waals surface area (Å²) >= 11 is 5.78. The van der Waals surface area contributed by atoms with Crippen molar-refractivity contribution < 1.29 is 14.6 Å². The van der Waals surface area contributed by atoms with E-state index in [0.29, 0.717) is 18.1 Å². The van der Waals surface area contributed by atoms with Crippen LogP contribution in [-0.2, 0) is 16.0 Å². The minimum Gasteiger partial charge on any atom is -0.385 e. The molecule has 0 aliphatic heterocycles. The van der Waals surface area contributed by atoms with Gasteiger partial charge in [-0.2, -0.15) is 0 Å². The topological polar surface area (TPSA) is 46.5 Å². The third kappa shape index (κ3) is 4.09. The number of methoxy groups -OCH3 is 1. The molecule has 0 saturated carbocycles. The zero-order chi connectivity index (χ0) is 13.8. The fourth-order valence-electron chi connectivity index (χ4n) is 1.82. The number of ether oxygens (including phenoxy) is 1. The molecular formula is C14H19ClO3. The number of carbonyl (C=O) groups excluding carboxylic acids is 1. The van der Waals surface area contributed by atoms with E-state index < -0.39 is 11.5 Å². The second-order valence-corrected chi connectivity index (χ2v) is 5.46. The van der Waals surface area contributed by atoms with E-state index in [1.54, 1.807) is 33.1 Å². The van der Waals surface area contributed by atoms with Crippen LogP contribution in [0.25, 0.3) is 0 Å². The quantitative estimate of drug-likeness (QED) is 0.864. The number of rotatable bonds is 6. The lowest BCUT2D eigenvalue weighted by atomic mass is 9.84. The monoisotopic (exact) mass is 270 g/mol. The van der Waals surface area contributed by atoms with Crippen molar-refractivity contribution in [2.45, 2.75) is 26.4 Å². The van der Waals surface area contributed by atoms with Crippen molar-refractivity contribution in [2.24, 2.45) is 5.41 Å². The van der Waals surface area contributed by atoms with E-state index in [1.165, 1.54) is 0 Å². The number of hydrogen-bond acceptors (Lipinski definition) is 3. The molecule has 4 heteroatoms. The van der Waals surface area contributed by atoms with Gasteiger partial charge in [-0.25, -0.2) is 0 Å². The molecule has 0 aliphatic rings. The van der Waals surface area contributed by atoms with E-state index in [9.17, 15) is 9.90 Å². The van der Waals surface area contributed by atoms with E-state index in [4.69, 9.17) is 16.3 Å². The standard InChI is InChI=1S/C14H19ClO3/c1-14(2,9-18-3)13(17)12(16)8-10-4-6-11(15)7-5-10/h4-7,12,16H,8-9H2,1-3H3. The van der Waals surface area contributed by atoms with Gasteiger partial charge in [-0.3, -0.25) is 4.79 Å². The predicted octanol–water partition coefficient (Wildman–Crippen LogP) is 2.49. The molecule has 0 aromatic heterocycles. The molecule has 0 aliphatic carbocycles. The molecule has 1 N–H and O–H groups in total. The Labute approximate surface area is 113 Å². The molecule has 1 aromatic carbocycles. The van der Waals surface area contributed by atoms with Crippen LogP contribution in [0.5, 0.6) is 0 Å². The van der Waals surface area contributed by atoms with Gasteiger partial charge < -0.3 is 9.84 Å². The van der Waals surface area contributed by atoms with Crippen LogP contribution in [0, 0.1) is 5.41 Å². The second kappa shape index (κ2) is 6.32. The first-order valence-corrected chi connectivity index (χ1v) is 6.20. The molecule has 1 atom stereocenters. The number of carbonyl (C=O) groups is 1. The Hall–Kier alpha value is -0.900. The van der Waals surface area contributed by atoms with Crippen LogP contribution < -0.4 is 0 Å². The van der Waals surface area contributed by atoms with Gasteiger partial charge in [0.25, 0.3) is 0 Å². The lowest BCUT2D eigenvalue weighted by molar-refractivity contribution is -0.138. The summed E-state index contributed by atoms with van der Waals surface area (Å²) in [5, 5.41) is 10.6.